The van der Waals surface area contributed by atoms with Gasteiger partial charge in [0.25, 0.3) is 0 Å². The van der Waals surface area contributed by atoms with Crippen LogP contribution in [0.4, 0.5) is 0 Å². The molecule has 0 aromatic heterocycles. The van der Waals surface area contributed by atoms with E-state index in [-0.39, 0.29) is 31.5 Å². The topological polar surface area (TPSA) is 111 Å². The number of amides is 1. The number of nitrogens with one attached hydrogen (secondary N) is 1. The highest BCUT2D eigenvalue weighted by Gasteiger charge is 2.30. The molecule has 10 heteroatoms. The fourth-order valence-electron chi connectivity index (χ4n) is 9.35. The van der Waals surface area contributed by atoms with Crippen LogP contribution >= 0.6 is 7.82 Å². The molecule has 0 fully saturated rings. The van der Waals surface area contributed by atoms with Gasteiger partial charge in [0.2, 0.25) is 5.91 Å². The second-order valence-corrected chi connectivity index (χ2v) is 24.7. The van der Waals surface area contributed by atoms with Gasteiger partial charge in [0.15, 0.2) is 0 Å². The van der Waals surface area contributed by atoms with E-state index in [0.717, 1.165) is 83.5 Å². The lowest BCUT2D eigenvalue weighted by molar-refractivity contribution is -0.870. The van der Waals surface area contributed by atoms with Crippen LogP contribution in [0.5, 0.6) is 0 Å². The maximum atomic E-state index is 13.6. The molecule has 0 bridgehead atoms. The highest BCUT2D eigenvalue weighted by molar-refractivity contribution is 7.47. The first kappa shape index (κ1) is 74.7. The summed E-state index contributed by atoms with van der Waals surface area (Å²) in [6.45, 7) is 6.99. The average molecular weight is 1100 g/mol. The first-order valence-electron chi connectivity index (χ1n) is 32.6. The van der Waals surface area contributed by atoms with Gasteiger partial charge in [-0.2, -0.15) is 0 Å². The number of hydrogen-bond donors (Lipinski definition) is 2. The van der Waals surface area contributed by atoms with Crippen molar-refractivity contribution in [2.24, 2.45) is 0 Å². The molecule has 9 nitrogen and oxygen atoms in total. The van der Waals surface area contributed by atoms with Crippen LogP contribution in [-0.4, -0.2) is 74.3 Å². The standard InChI is InChI=1S/C67H125N2O7P/c1-7-10-13-16-19-22-25-27-29-31-33-34-36-37-39-41-44-47-50-53-56-59-66(70)68-64(63-75-77(72,73)74-62-61-69(4,5)6)65(58-55-52-49-46-43-24-21-18-15-12-9-3)76-67(71)60-57-54-51-48-45-42-40-38-35-32-30-28-26-23-20-17-14-11-8-2/h20,23,27-30,35,38,55,58,64-65H,7-19,21-22,24-26,31-34,36-37,39-54,56-57,59-63H2,1-6H3,(H-,68,70,72,73)/p+1/b23-20-,29-27+,30-28-,38-35-,58-55+. The molecule has 0 spiro atoms. The maximum Gasteiger partial charge on any atom is 0.472 e. The Morgan fingerprint density at radius 1 is 0.455 bits per heavy atom. The first-order chi connectivity index (χ1) is 37.4. The van der Waals surface area contributed by atoms with E-state index in [1.165, 1.54) is 186 Å². The molecule has 3 unspecified atom stereocenters. The second kappa shape index (κ2) is 57.0. The Kier molecular flexibility index (Phi) is 55.3. The van der Waals surface area contributed by atoms with Gasteiger partial charge in [0.05, 0.1) is 33.8 Å². The summed E-state index contributed by atoms with van der Waals surface area (Å²) in [4.78, 5) is 37.7. The number of allylic oxidation sites excluding steroid dienone is 9. The Hall–Kier alpha value is -2.29. The molecule has 0 rings (SSSR count). The van der Waals surface area contributed by atoms with Gasteiger partial charge in [0.1, 0.15) is 19.3 Å². The largest absolute Gasteiger partial charge is 0.472 e. The van der Waals surface area contributed by atoms with E-state index in [0.29, 0.717) is 17.4 Å². The Labute approximate surface area is 477 Å². The number of phosphoric ester groups is 1. The molecular formula is C67H126N2O7P+. The maximum absolute atomic E-state index is 13.6. The number of phosphoric acid groups is 1. The van der Waals surface area contributed by atoms with Crippen molar-refractivity contribution in [1.82, 2.24) is 5.32 Å². The van der Waals surface area contributed by atoms with Gasteiger partial charge in [0, 0.05) is 12.8 Å². The molecule has 0 radical (unpaired) electrons. The van der Waals surface area contributed by atoms with Gasteiger partial charge in [-0.1, -0.05) is 255 Å². The summed E-state index contributed by atoms with van der Waals surface area (Å²) in [5.74, 6) is -0.514. The van der Waals surface area contributed by atoms with Crippen LogP contribution in [0, 0.1) is 0 Å². The summed E-state index contributed by atoms with van der Waals surface area (Å²) < 4.78 is 30.7. The molecule has 2 N–H and O–H groups in total. The van der Waals surface area contributed by atoms with Crippen molar-refractivity contribution in [2.45, 2.75) is 315 Å². The van der Waals surface area contributed by atoms with E-state index in [4.69, 9.17) is 13.8 Å². The van der Waals surface area contributed by atoms with Crippen molar-refractivity contribution in [2.75, 3.05) is 40.9 Å². The molecular weight excluding hydrogens is 976 g/mol. The number of hydrogen-bond acceptors (Lipinski definition) is 6. The summed E-state index contributed by atoms with van der Waals surface area (Å²) in [5, 5.41) is 3.06. The fraction of sp³-hybridized carbons (Fsp3) is 0.821. The van der Waals surface area contributed by atoms with Crippen molar-refractivity contribution in [1.29, 1.82) is 0 Å². The molecule has 0 saturated carbocycles. The Morgan fingerprint density at radius 3 is 1.22 bits per heavy atom. The quantitative estimate of drug-likeness (QED) is 0.0205. The normalized spacial score (nSPS) is 14.0. The number of carbonyl (C=O) groups excluding carboxylic acids is 2. The summed E-state index contributed by atoms with van der Waals surface area (Å²) >= 11 is 0. The molecule has 0 aromatic carbocycles. The smallest absolute Gasteiger partial charge is 0.456 e. The summed E-state index contributed by atoms with van der Waals surface area (Å²) in [6.07, 6.45) is 72.2. The van der Waals surface area contributed by atoms with E-state index >= 15 is 0 Å². The van der Waals surface area contributed by atoms with Crippen LogP contribution in [0.3, 0.4) is 0 Å². The third-order valence-electron chi connectivity index (χ3n) is 14.4. The van der Waals surface area contributed by atoms with Crippen LogP contribution in [0.2, 0.25) is 0 Å². The fourth-order valence-corrected chi connectivity index (χ4v) is 10.1. The monoisotopic (exact) mass is 1100 g/mol. The van der Waals surface area contributed by atoms with Gasteiger partial charge in [-0.25, -0.2) is 4.57 Å². The average Bonchev–Trinajstić information content (AvgIpc) is 3.39. The first-order valence-corrected chi connectivity index (χ1v) is 34.1. The van der Waals surface area contributed by atoms with E-state index in [1.54, 1.807) is 0 Å². The van der Waals surface area contributed by atoms with Crippen LogP contribution in [0.1, 0.15) is 303 Å². The molecule has 1 amide bonds. The zero-order valence-electron chi connectivity index (χ0n) is 51.5. The zero-order chi connectivity index (χ0) is 56.4. The molecule has 0 aliphatic rings. The number of carbonyl (C=O) groups is 2. The number of unbranched alkanes of at least 4 members (excludes halogenated alkanes) is 35. The van der Waals surface area contributed by atoms with Crippen LogP contribution in [-0.2, 0) is 27.9 Å². The highest BCUT2D eigenvalue weighted by Crippen LogP contribution is 2.43. The Balaban J connectivity index is 5.17. The van der Waals surface area contributed by atoms with E-state index in [1.807, 2.05) is 33.3 Å². The van der Waals surface area contributed by atoms with Crippen molar-refractivity contribution >= 4 is 19.7 Å². The van der Waals surface area contributed by atoms with E-state index < -0.39 is 20.0 Å². The van der Waals surface area contributed by atoms with Crippen molar-refractivity contribution < 1.29 is 37.3 Å². The number of ether oxygens (including phenoxy) is 1. The molecule has 0 aliphatic heterocycles. The summed E-state index contributed by atoms with van der Waals surface area (Å²) in [6, 6.07) is -0.855. The predicted molar refractivity (Wildman–Crippen MR) is 332 cm³/mol. The van der Waals surface area contributed by atoms with Gasteiger partial charge < -0.3 is 19.4 Å². The number of esters is 1. The lowest BCUT2D eigenvalue weighted by Gasteiger charge is -2.27. The van der Waals surface area contributed by atoms with Crippen molar-refractivity contribution in [3.05, 3.63) is 60.8 Å². The third-order valence-corrected chi connectivity index (χ3v) is 15.4. The van der Waals surface area contributed by atoms with E-state index in [9.17, 15) is 19.0 Å². The molecule has 77 heavy (non-hydrogen) atoms. The summed E-state index contributed by atoms with van der Waals surface area (Å²) in [7, 11) is 1.49. The van der Waals surface area contributed by atoms with Crippen molar-refractivity contribution in [3.63, 3.8) is 0 Å². The van der Waals surface area contributed by atoms with Gasteiger partial charge >= 0.3 is 13.8 Å². The molecule has 450 valence electrons. The second-order valence-electron chi connectivity index (χ2n) is 23.3. The lowest BCUT2D eigenvalue weighted by atomic mass is 10.0. The van der Waals surface area contributed by atoms with Crippen LogP contribution in [0.15, 0.2) is 60.8 Å². The molecule has 0 saturated heterocycles. The van der Waals surface area contributed by atoms with Crippen LogP contribution in [0.25, 0.3) is 0 Å². The molecule has 0 aliphatic carbocycles. The lowest BCUT2D eigenvalue weighted by Crippen LogP contribution is -2.47. The zero-order valence-corrected chi connectivity index (χ0v) is 52.3. The minimum atomic E-state index is -4.45. The minimum Gasteiger partial charge on any atom is -0.456 e. The number of quaternary nitrogens is 1. The summed E-state index contributed by atoms with van der Waals surface area (Å²) in [5.41, 5.74) is 0. The Bertz CT molecular complexity index is 1500. The molecule has 0 aromatic rings. The van der Waals surface area contributed by atoms with Gasteiger partial charge in [-0.15, -0.1) is 0 Å². The number of likely N-dealkylation sites (N-methyl/N-ethyl adjacent to an activating group) is 1. The van der Waals surface area contributed by atoms with Gasteiger partial charge in [-0.3, -0.25) is 18.6 Å². The predicted octanol–water partition coefficient (Wildman–Crippen LogP) is 20.2. The van der Waals surface area contributed by atoms with Crippen molar-refractivity contribution in [3.8, 4) is 0 Å². The van der Waals surface area contributed by atoms with Crippen LogP contribution < -0.4 is 5.32 Å². The third kappa shape index (κ3) is 58.2. The molecule has 3 atom stereocenters. The molecule has 0 heterocycles. The van der Waals surface area contributed by atoms with E-state index in [2.05, 4.69) is 74.7 Å². The number of nitrogens with zero attached hydrogens (tertiary/aromatic N) is 1. The van der Waals surface area contributed by atoms with Gasteiger partial charge in [-0.05, 0) is 96.0 Å². The minimum absolute atomic E-state index is 0.0372. The Morgan fingerprint density at radius 2 is 0.792 bits per heavy atom. The highest BCUT2D eigenvalue weighted by atomic mass is 31.2. The number of rotatable bonds is 59. The SMILES string of the molecule is CCCCC/C=C\C/C=C\C/C=C\CCCCCCCCC(=O)OC(/C=C/CCCCCCCCCCC)C(COP(=O)(O)OCC[N+](C)(C)C)NC(=O)CCCCCCCCCCCCC/C=C/CCCCCCCC.